The molecule has 1 rings (SSSR count). The topological polar surface area (TPSA) is 9.86 Å². The normalized spacial score (nSPS) is 14.1. The van der Waals surface area contributed by atoms with E-state index in [9.17, 15) is 13.2 Å². The highest BCUT2D eigenvalue weighted by Crippen LogP contribution is 2.30. The molecule has 2 nitrogen and oxygen atoms in total. The summed E-state index contributed by atoms with van der Waals surface area (Å²) in [6.07, 6.45) is 8.66. The molecule has 24 heavy (non-hydrogen) atoms. The third-order valence-corrected chi connectivity index (χ3v) is 3.39. The maximum atomic E-state index is 13.1. The molecule has 0 aromatic carbocycles. The van der Waals surface area contributed by atoms with Crippen LogP contribution in [-0.4, -0.2) is 15.5 Å². The lowest BCUT2D eigenvalue weighted by atomic mass is 10.1. The molecule has 0 spiro atoms. The summed E-state index contributed by atoms with van der Waals surface area (Å²) in [6.45, 7) is 11.1. The standard InChI is InChI=1S/C19H23F3N2/c1-6-9-10-17(19(20,21)22)13-15(4)18-14-23(5)24(18)12-11-16(7-2)8-3/h7-14H,2,4,6H2,1,3,5H3/b10-9-,12-11-,16-8-,17-13+. The predicted octanol–water partition coefficient (Wildman–Crippen LogP) is 5.90. The van der Waals surface area contributed by atoms with E-state index >= 15 is 0 Å². The van der Waals surface area contributed by atoms with Gasteiger partial charge in [0.2, 0.25) is 0 Å². The van der Waals surface area contributed by atoms with Gasteiger partial charge in [0.1, 0.15) is 0 Å². The molecule has 1 heterocycles. The van der Waals surface area contributed by atoms with Gasteiger partial charge in [-0.05, 0) is 36.6 Å². The fourth-order valence-electron chi connectivity index (χ4n) is 2.00. The number of aromatic nitrogens is 2. The fraction of sp³-hybridized carbons (Fsp3) is 0.263. The zero-order valence-electron chi connectivity index (χ0n) is 14.3. The Balaban J connectivity index is 3.13. The van der Waals surface area contributed by atoms with Crippen molar-refractivity contribution >= 4 is 11.8 Å². The Morgan fingerprint density at radius 1 is 1.29 bits per heavy atom. The molecule has 0 N–H and O–H groups in total. The van der Waals surface area contributed by atoms with Gasteiger partial charge in [-0.3, -0.25) is 9.36 Å². The quantitative estimate of drug-likeness (QED) is 0.549. The average Bonchev–Trinajstić information content (AvgIpc) is 2.51. The Morgan fingerprint density at radius 2 is 1.96 bits per heavy atom. The van der Waals surface area contributed by atoms with Crippen LogP contribution in [0.15, 0.2) is 67.0 Å². The number of halogens is 3. The van der Waals surface area contributed by atoms with Crippen molar-refractivity contribution in [3.8, 4) is 0 Å². The number of hydrogen-bond donors (Lipinski definition) is 0. The molecule has 5 heteroatoms. The third kappa shape index (κ3) is 5.05. The van der Waals surface area contributed by atoms with E-state index in [2.05, 4.69) is 13.2 Å². The van der Waals surface area contributed by atoms with Crippen LogP contribution in [0.25, 0.3) is 11.8 Å². The van der Waals surface area contributed by atoms with Crippen molar-refractivity contribution in [2.75, 3.05) is 0 Å². The van der Waals surface area contributed by atoms with Gasteiger partial charge < -0.3 is 0 Å². The van der Waals surface area contributed by atoms with E-state index in [4.69, 9.17) is 0 Å². The van der Waals surface area contributed by atoms with E-state index in [1.165, 1.54) is 6.08 Å². The van der Waals surface area contributed by atoms with Gasteiger partial charge in [-0.1, -0.05) is 44.4 Å². The van der Waals surface area contributed by atoms with Crippen molar-refractivity contribution in [3.63, 3.8) is 0 Å². The van der Waals surface area contributed by atoms with Crippen LogP contribution < -0.4 is 0 Å². The Labute approximate surface area is 141 Å². The molecule has 0 saturated carbocycles. The predicted molar refractivity (Wildman–Crippen MR) is 95.3 cm³/mol. The van der Waals surface area contributed by atoms with Crippen molar-refractivity contribution in [1.29, 1.82) is 0 Å². The lowest BCUT2D eigenvalue weighted by Crippen LogP contribution is -2.19. The number of nitrogens with zero attached hydrogens (tertiary/aromatic N) is 2. The zero-order valence-corrected chi connectivity index (χ0v) is 14.3. The SMILES string of the molecule is C=CC(/C=C\n1c(C(=C)/C=C(\C=C/CC)C(F)(F)F)cn1C)=C/C. The molecule has 0 aliphatic carbocycles. The number of alkyl halides is 3. The van der Waals surface area contributed by atoms with Gasteiger partial charge in [-0.15, -0.1) is 0 Å². The van der Waals surface area contributed by atoms with E-state index in [1.54, 1.807) is 41.8 Å². The molecule has 0 radical (unpaired) electrons. The smallest absolute Gasteiger partial charge is 0.289 e. The van der Waals surface area contributed by atoms with E-state index < -0.39 is 11.7 Å². The lowest BCUT2D eigenvalue weighted by Gasteiger charge is -2.21. The van der Waals surface area contributed by atoms with Gasteiger partial charge in [0.25, 0.3) is 0 Å². The van der Waals surface area contributed by atoms with Crippen molar-refractivity contribution in [1.82, 2.24) is 9.36 Å². The van der Waals surface area contributed by atoms with Crippen molar-refractivity contribution in [2.24, 2.45) is 7.05 Å². The second-order valence-electron chi connectivity index (χ2n) is 5.17. The highest BCUT2D eigenvalue weighted by molar-refractivity contribution is 5.73. The molecular formula is C19H23F3N2. The van der Waals surface area contributed by atoms with Gasteiger partial charge in [0.05, 0.1) is 11.3 Å². The third-order valence-electron chi connectivity index (χ3n) is 3.39. The van der Waals surface area contributed by atoms with Crippen LogP contribution in [-0.2, 0) is 7.05 Å². The molecule has 0 atom stereocenters. The summed E-state index contributed by atoms with van der Waals surface area (Å²) in [5.74, 6) is 0. The summed E-state index contributed by atoms with van der Waals surface area (Å²) in [5.41, 5.74) is 1.11. The number of aryl methyl sites for hydroxylation is 1. The minimum Gasteiger partial charge on any atom is -0.289 e. The second kappa shape index (κ2) is 8.43. The molecule has 0 amide bonds. The summed E-state index contributed by atoms with van der Waals surface area (Å²) < 4.78 is 42.7. The molecule has 130 valence electrons. The first kappa shape index (κ1) is 19.6. The van der Waals surface area contributed by atoms with E-state index in [1.807, 2.05) is 19.1 Å². The van der Waals surface area contributed by atoms with Crippen molar-refractivity contribution in [3.05, 3.63) is 72.7 Å². The summed E-state index contributed by atoms with van der Waals surface area (Å²) >= 11 is 0. The second-order valence-corrected chi connectivity index (χ2v) is 5.17. The Kier molecular flexibility index (Phi) is 6.89. The Morgan fingerprint density at radius 3 is 2.42 bits per heavy atom. The maximum Gasteiger partial charge on any atom is 0.416 e. The fourth-order valence-corrected chi connectivity index (χ4v) is 2.00. The van der Waals surface area contributed by atoms with Crippen LogP contribution in [0.3, 0.4) is 0 Å². The van der Waals surface area contributed by atoms with Crippen LogP contribution in [0.2, 0.25) is 0 Å². The summed E-state index contributed by atoms with van der Waals surface area (Å²) in [7, 11) is 1.80. The van der Waals surface area contributed by atoms with Gasteiger partial charge in [0, 0.05) is 19.4 Å². The highest BCUT2D eigenvalue weighted by atomic mass is 19.4. The summed E-state index contributed by atoms with van der Waals surface area (Å²) in [6, 6.07) is 0. The van der Waals surface area contributed by atoms with Gasteiger partial charge in [-0.2, -0.15) is 13.2 Å². The van der Waals surface area contributed by atoms with Crippen LogP contribution in [0.5, 0.6) is 0 Å². The zero-order chi connectivity index (χ0) is 18.3. The van der Waals surface area contributed by atoms with Gasteiger partial charge in [0.15, 0.2) is 0 Å². The van der Waals surface area contributed by atoms with Crippen molar-refractivity contribution in [2.45, 2.75) is 26.4 Å². The van der Waals surface area contributed by atoms with E-state index in [-0.39, 0.29) is 0 Å². The van der Waals surface area contributed by atoms with Crippen LogP contribution >= 0.6 is 0 Å². The number of rotatable bonds is 7. The monoisotopic (exact) mass is 336 g/mol. The molecule has 0 unspecified atom stereocenters. The highest BCUT2D eigenvalue weighted by Gasteiger charge is 2.32. The number of allylic oxidation sites excluding steroid dienone is 9. The first-order valence-corrected chi connectivity index (χ1v) is 7.60. The minimum absolute atomic E-state index is 0.298. The molecule has 1 aromatic heterocycles. The first-order valence-electron chi connectivity index (χ1n) is 7.60. The van der Waals surface area contributed by atoms with E-state index in [0.717, 1.165) is 17.7 Å². The molecular weight excluding hydrogens is 313 g/mol. The molecule has 0 fully saturated rings. The minimum atomic E-state index is -4.41. The number of hydrogen-bond acceptors (Lipinski definition) is 0. The summed E-state index contributed by atoms with van der Waals surface area (Å²) in [4.78, 5) is 0. The average molecular weight is 336 g/mol. The van der Waals surface area contributed by atoms with E-state index in [0.29, 0.717) is 17.7 Å². The van der Waals surface area contributed by atoms with Crippen molar-refractivity contribution < 1.29 is 13.2 Å². The Hall–Kier alpha value is -2.43. The largest absolute Gasteiger partial charge is 0.416 e. The van der Waals surface area contributed by atoms with Crippen LogP contribution in [0.4, 0.5) is 13.2 Å². The molecule has 0 aliphatic heterocycles. The summed E-state index contributed by atoms with van der Waals surface area (Å²) in [5, 5.41) is 0. The molecule has 0 aliphatic rings. The van der Waals surface area contributed by atoms with Crippen LogP contribution in [0.1, 0.15) is 26.0 Å². The Bertz CT molecular complexity index is 704. The van der Waals surface area contributed by atoms with Crippen LogP contribution in [0, 0.1) is 0 Å². The maximum absolute atomic E-state index is 13.1. The van der Waals surface area contributed by atoms with Gasteiger partial charge >= 0.3 is 6.18 Å². The molecule has 0 saturated heterocycles. The lowest BCUT2D eigenvalue weighted by molar-refractivity contribution is -0.0881. The van der Waals surface area contributed by atoms with Gasteiger partial charge in [-0.25, -0.2) is 0 Å². The molecule has 1 aromatic rings. The first-order chi connectivity index (χ1) is 11.2. The molecule has 0 bridgehead atoms.